The van der Waals surface area contributed by atoms with Crippen LogP contribution in [0.4, 0.5) is 4.39 Å². The van der Waals surface area contributed by atoms with Crippen LogP contribution in [-0.2, 0) is 4.79 Å². The van der Waals surface area contributed by atoms with Crippen LogP contribution in [0.25, 0.3) is 0 Å². The number of hydrogen-bond donors (Lipinski definition) is 3. The summed E-state index contributed by atoms with van der Waals surface area (Å²) in [6.07, 6.45) is 0. The quantitative estimate of drug-likeness (QED) is 0.676. The van der Waals surface area contributed by atoms with Gasteiger partial charge in [0.15, 0.2) is 11.6 Å². The van der Waals surface area contributed by atoms with E-state index in [1.54, 1.807) is 0 Å². The van der Waals surface area contributed by atoms with Crippen LogP contribution in [0.2, 0.25) is 0 Å². The lowest BCUT2D eigenvalue weighted by Gasteiger charge is -2.02. The highest BCUT2D eigenvalue weighted by molar-refractivity contribution is 5.95. The Bertz CT molecular complexity index is 405. The van der Waals surface area contributed by atoms with Gasteiger partial charge in [-0.3, -0.25) is 9.59 Å². The van der Waals surface area contributed by atoms with E-state index >= 15 is 0 Å². The molecule has 0 saturated heterocycles. The van der Waals surface area contributed by atoms with Crippen LogP contribution >= 0.6 is 0 Å². The molecule has 0 heterocycles. The Balaban J connectivity index is 2.74. The maximum absolute atomic E-state index is 12.8. The molecule has 5 nitrogen and oxygen atoms in total. The number of benzene rings is 1. The number of phenolic OH excluding ortho intramolecular Hbond substituents is 1. The fraction of sp³-hybridized carbons (Fsp3) is 0.111. The summed E-state index contributed by atoms with van der Waals surface area (Å²) in [4.78, 5) is 21.3. The summed E-state index contributed by atoms with van der Waals surface area (Å²) in [5.41, 5.74) is -0.0495. The van der Waals surface area contributed by atoms with Gasteiger partial charge in [0.25, 0.3) is 5.91 Å². The van der Waals surface area contributed by atoms with Crippen molar-refractivity contribution in [2.75, 3.05) is 6.54 Å². The van der Waals surface area contributed by atoms with Gasteiger partial charge < -0.3 is 15.5 Å². The minimum atomic E-state index is -1.19. The molecule has 0 aliphatic heterocycles. The monoisotopic (exact) mass is 213 g/mol. The van der Waals surface area contributed by atoms with E-state index in [0.29, 0.717) is 0 Å². The second-order valence-corrected chi connectivity index (χ2v) is 2.74. The third kappa shape index (κ3) is 2.94. The smallest absolute Gasteiger partial charge is 0.322 e. The molecule has 3 N–H and O–H groups in total. The first kappa shape index (κ1) is 11.0. The molecule has 1 aromatic carbocycles. The molecule has 0 unspecified atom stereocenters. The van der Waals surface area contributed by atoms with E-state index in [0.717, 1.165) is 12.1 Å². The van der Waals surface area contributed by atoms with E-state index in [4.69, 9.17) is 10.2 Å². The van der Waals surface area contributed by atoms with Crippen LogP contribution in [0.1, 0.15) is 10.4 Å². The topological polar surface area (TPSA) is 86.6 Å². The molecule has 1 rings (SSSR count). The third-order valence-electron chi connectivity index (χ3n) is 1.61. The van der Waals surface area contributed by atoms with Gasteiger partial charge in [-0.15, -0.1) is 0 Å². The molecule has 0 aliphatic carbocycles. The van der Waals surface area contributed by atoms with Gasteiger partial charge >= 0.3 is 5.97 Å². The van der Waals surface area contributed by atoms with Gasteiger partial charge in [0.2, 0.25) is 0 Å². The number of carboxylic acid groups (broad SMARTS) is 1. The molecule has 0 bridgehead atoms. The molecular formula is C9H8FNO4. The average molecular weight is 213 g/mol. The van der Waals surface area contributed by atoms with Crippen LogP contribution in [0.3, 0.4) is 0 Å². The molecule has 0 atom stereocenters. The summed E-state index contributed by atoms with van der Waals surface area (Å²) in [5.74, 6) is -3.40. The van der Waals surface area contributed by atoms with Crippen molar-refractivity contribution in [1.82, 2.24) is 5.32 Å². The molecular weight excluding hydrogens is 205 g/mol. The maximum atomic E-state index is 12.8. The first-order valence-electron chi connectivity index (χ1n) is 3.99. The predicted molar refractivity (Wildman–Crippen MR) is 48.0 cm³/mol. The molecule has 0 aliphatic rings. The standard InChI is InChI=1S/C9H8FNO4/c10-6-3-5(1-2-7(6)12)9(15)11-4-8(13)14/h1-3,12H,4H2,(H,11,15)(H,13,14). The number of carbonyl (C=O) groups excluding carboxylic acids is 1. The molecule has 0 fully saturated rings. The van der Waals surface area contributed by atoms with E-state index in [9.17, 15) is 14.0 Å². The van der Waals surface area contributed by atoms with Crippen LogP contribution in [0.15, 0.2) is 18.2 Å². The number of aromatic hydroxyl groups is 1. The summed E-state index contributed by atoms with van der Waals surface area (Å²) in [6.45, 7) is -0.540. The number of carboxylic acids is 1. The highest BCUT2D eigenvalue weighted by Crippen LogP contribution is 2.15. The Morgan fingerprint density at radius 2 is 2.07 bits per heavy atom. The SMILES string of the molecule is O=C(O)CNC(=O)c1ccc(O)c(F)c1. The van der Waals surface area contributed by atoms with E-state index in [-0.39, 0.29) is 5.56 Å². The van der Waals surface area contributed by atoms with Gasteiger partial charge in [-0.1, -0.05) is 0 Å². The molecule has 1 aromatic rings. The molecule has 80 valence electrons. The van der Waals surface area contributed by atoms with Gasteiger partial charge in [0, 0.05) is 5.56 Å². The van der Waals surface area contributed by atoms with Gasteiger partial charge in [-0.2, -0.15) is 0 Å². The average Bonchev–Trinajstić information content (AvgIpc) is 2.18. The van der Waals surface area contributed by atoms with E-state index in [1.165, 1.54) is 6.07 Å². The minimum Gasteiger partial charge on any atom is -0.505 e. The van der Waals surface area contributed by atoms with Crippen molar-refractivity contribution < 1.29 is 24.2 Å². The number of nitrogens with one attached hydrogen (secondary N) is 1. The van der Waals surface area contributed by atoms with E-state index in [2.05, 4.69) is 5.32 Å². The lowest BCUT2D eigenvalue weighted by molar-refractivity contribution is -0.135. The summed E-state index contributed by atoms with van der Waals surface area (Å²) >= 11 is 0. The Morgan fingerprint density at radius 1 is 1.40 bits per heavy atom. The summed E-state index contributed by atoms with van der Waals surface area (Å²) in [6, 6.07) is 3.03. The number of hydrogen-bond acceptors (Lipinski definition) is 3. The third-order valence-corrected chi connectivity index (χ3v) is 1.61. The fourth-order valence-electron chi connectivity index (χ4n) is 0.906. The first-order valence-corrected chi connectivity index (χ1v) is 3.99. The number of rotatable bonds is 3. The molecule has 1 amide bonds. The maximum Gasteiger partial charge on any atom is 0.322 e. The van der Waals surface area contributed by atoms with Crippen molar-refractivity contribution in [3.05, 3.63) is 29.6 Å². The predicted octanol–water partition coefficient (Wildman–Crippen LogP) is 0.346. The summed E-state index contributed by atoms with van der Waals surface area (Å²) in [7, 11) is 0. The zero-order chi connectivity index (χ0) is 11.4. The minimum absolute atomic E-state index is 0.0495. The van der Waals surface area contributed by atoms with E-state index in [1.807, 2.05) is 0 Å². The zero-order valence-electron chi connectivity index (χ0n) is 7.53. The Labute approximate surface area is 84.2 Å². The molecule has 0 radical (unpaired) electrons. The zero-order valence-corrected chi connectivity index (χ0v) is 7.53. The van der Waals surface area contributed by atoms with E-state index < -0.39 is 30.0 Å². The van der Waals surface area contributed by atoms with Crippen LogP contribution in [0, 0.1) is 5.82 Å². The number of aliphatic carboxylic acids is 1. The summed E-state index contributed by atoms with van der Waals surface area (Å²) in [5, 5.41) is 19.2. The highest BCUT2D eigenvalue weighted by Gasteiger charge is 2.09. The summed E-state index contributed by atoms with van der Waals surface area (Å²) < 4.78 is 12.8. The first-order chi connectivity index (χ1) is 7.00. The number of phenols is 1. The number of amides is 1. The Hall–Kier alpha value is -2.11. The molecule has 0 spiro atoms. The Kier molecular flexibility index (Phi) is 3.22. The van der Waals surface area contributed by atoms with Crippen LogP contribution in [-0.4, -0.2) is 28.6 Å². The lowest BCUT2D eigenvalue weighted by atomic mass is 10.2. The largest absolute Gasteiger partial charge is 0.505 e. The number of carbonyl (C=O) groups is 2. The second-order valence-electron chi connectivity index (χ2n) is 2.74. The van der Waals surface area contributed by atoms with Gasteiger partial charge in [-0.05, 0) is 18.2 Å². The molecule has 0 saturated carbocycles. The molecule has 0 aromatic heterocycles. The van der Waals surface area contributed by atoms with Crippen molar-refractivity contribution in [2.24, 2.45) is 0 Å². The fourth-order valence-corrected chi connectivity index (χ4v) is 0.906. The van der Waals surface area contributed by atoms with Gasteiger partial charge in [0.05, 0.1) is 0 Å². The van der Waals surface area contributed by atoms with Crippen LogP contribution in [0.5, 0.6) is 5.75 Å². The second kappa shape index (κ2) is 4.41. The van der Waals surface area contributed by atoms with Crippen molar-refractivity contribution in [3.8, 4) is 5.75 Å². The normalized spacial score (nSPS) is 9.67. The highest BCUT2D eigenvalue weighted by atomic mass is 19.1. The molecule has 6 heteroatoms. The van der Waals surface area contributed by atoms with Crippen LogP contribution < -0.4 is 5.32 Å². The Morgan fingerprint density at radius 3 is 2.60 bits per heavy atom. The van der Waals surface area contributed by atoms with Gasteiger partial charge in [-0.25, -0.2) is 4.39 Å². The van der Waals surface area contributed by atoms with Crippen molar-refractivity contribution in [1.29, 1.82) is 0 Å². The van der Waals surface area contributed by atoms with Crippen molar-refractivity contribution in [2.45, 2.75) is 0 Å². The van der Waals surface area contributed by atoms with Crippen molar-refractivity contribution >= 4 is 11.9 Å². The molecule has 15 heavy (non-hydrogen) atoms. The van der Waals surface area contributed by atoms with Crippen molar-refractivity contribution in [3.63, 3.8) is 0 Å². The number of halogens is 1. The lowest BCUT2D eigenvalue weighted by Crippen LogP contribution is -2.29. The van der Waals surface area contributed by atoms with Gasteiger partial charge in [0.1, 0.15) is 6.54 Å².